The van der Waals surface area contributed by atoms with Crippen LogP contribution in [0.2, 0.25) is 0 Å². The van der Waals surface area contributed by atoms with Crippen LogP contribution in [0.15, 0.2) is 157 Å². The van der Waals surface area contributed by atoms with Gasteiger partial charge in [0.05, 0.1) is 15.3 Å². The van der Waals surface area contributed by atoms with Crippen LogP contribution in [0.25, 0.3) is 0 Å². The van der Waals surface area contributed by atoms with Crippen LogP contribution in [-0.2, 0) is 23.7 Å². The molecule has 2 aliphatic heterocycles. The van der Waals surface area contributed by atoms with Crippen molar-refractivity contribution in [2.75, 3.05) is 19.0 Å². The van der Waals surface area contributed by atoms with E-state index >= 15 is 0 Å². The van der Waals surface area contributed by atoms with E-state index in [1.165, 1.54) is 0 Å². The highest BCUT2D eigenvalue weighted by Crippen LogP contribution is 2.50. The van der Waals surface area contributed by atoms with Crippen molar-refractivity contribution in [1.29, 1.82) is 0 Å². The van der Waals surface area contributed by atoms with Crippen LogP contribution in [0.1, 0.15) is 36.1 Å². The highest BCUT2D eigenvalue weighted by molar-refractivity contribution is 6.04. The highest BCUT2D eigenvalue weighted by atomic mass is 16.6. The van der Waals surface area contributed by atoms with E-state index in [0.29, 0.717) is 12.8 Å². The maximum atomic E-state index is 11.7. The van der Waals surface area contributed by atoms with Gasteiger partial charge in [-0.3, -0.25) is 20.2 Å². The number of rotatable bonds is 11. The summed E-state index contributed by atoms with van der Waals surface area (Å²) in [6.07, 6.45) is 19.4. The van der Waals surface area contributed by atoms with Gasteiger partial charge in [0.1, 0.15) is 7.05 Å². The molecule has 0 fully saturated rings. The van der Waals surface area contributed by atoms with Crippen LogP contribution in [0, 0.1) is 20.2 Å². The topological polar surface area (TPSA) is 92.5 Å². The van der Waals surface area contributed by atoms with Crippen molar-refractivity contribution >= 4 is 28.5 Å². The lowest BCUT2D eigenvalue weighted by Crippen LogP contribution is -2.33. The Hall–Kier alpha value is -6.15. The summed E-state index contributed by atoms with van der Waals surface area (Å²) in [4.78, 5) is 24.8. The van der Waals surface area contributed by atoms with E-state index < -0.39 is 10.8 Å². The van der Waals surface area contributed by atoms with E-state index in [-0.39, 0.29) is 21.2 Å². The first kappa shape index (κ1) is 34.7. The molecule has 0 saturated heterocycles. The Bertz CT molecular complexity index is 2160. The number of nitro groups is 2. The molecule has 0 spiro atoms. The van der Waals surface area contributed by atoms with Crippen molar-refractivity contribution in [3.05, 3.63) is 200 Å². The van der Waals surface area contributed by atoms with Crippen molar-refractivity contribution in [2.24, 2.45) is 0 Å². The summed E-state index contributed by atoms with van der Waals surface area (Å²) < 4.78 is 2.13. The number of fused-ring (bicyclic) bond motifs is 2. The van der Waals surface area contributed by atoms with Crippen molar-refractivity contribution in [3.8, 4) is 0 Å². The second kappa shape index (κ2) is 14.4. The summed E-state index contributed by atoms with van der Waals surface area (Å²) in [6, 6.07) is 30.7. The summed E-state index contributed by atoms with van der Waals surface area (Å²) in [7, 11) is 4.02. The van der Waals surface area contributed by atoms with E-state index in [9.17, 15) is 20.2 Å². The first-order valence-electron chi connectivity index (χ1n) is 16.9. The molecule has 0 saturated carbocycles. The molecule has 4 aromatic rings. The van der Waals surface area contributed by atoms with Crippen LogP contribution in [0.4, 0.5) is 22.7 Å². The van der Waals surface area contributed by atoms with Crippen LogP contribution in [0.3, 0.4) is 0 Å². The summed E-state index contributed by atoms with van der Waals surface area (Å²) in [5, 5.41) is 23.3. The Balaban J connectivity index is 1.20. The molecule has 0 aromatic heterocycles. The number of hydrogen-bond acceptors (Lipinski definition) is 5. The Morgan fingerprint density at radius 2 is 1.18 bits per heavy atom. The lowest BCUT2D eigenvalue weighted by molar-refractivity contribution is -0.402. The third-order valence-corrected chi connectivity index (χ3v) is 10.1. The maximum absolute atomic E-state index is 11.7. The number of nitrogens with zero attached hydrogens (tertiary/aromatic N) is 4. The van der Waals surface area contributed by atoms with Crippen molar-refractivity contribution in [2.45, 2.75) is 37.5 Å². The molecule has 0 bridgehead atoms. The minimum Gasteiger partial charge on any atom is -0.347 e. The van der Waals surface area contributed by atoms with Crippen LogP contribution in [-0.4, -0.2) is 34.2 Å². The van der Waals surface area contributed by atoms with Gasteiger partial charge in [-0.1, -0.05) is 103 Å². The largest absolute Gasteiger partial charge is 0.347 e. The van der Waals surface area contributed by atoms with Gasteiger partial charge in [0.2, 0.25) is 5.69 Å². The fraction of sp³-hybridized carbons (Fsp3) is 0.186. The second-order valence-corrected chi connectivity index (χ2v) is 13.5. The molecule has 256 valence electrons. The number of nitro benzene ring substituents is 2. The van der Waals surface area contributed by atoms with Gasteiger partial charge in [0.15, 0.2) is 5.71 Å². The average Bonchev–Trinajstić information content (AvgIpc) is 3.46. The fourth-order valence-corrected chi connectivity index (χ4v) is 7.61. The van der Waals surface area contributed by atoms with Crippen molar-refractivity contribution in [3.63, 3.8) is 0 Å². The van der Waals surface area contributed by atoms with Crippen molar-refractivity contribution in [1.82, 2.24) is 0 Å². The first-order chi connectivity index (χ1) is 24.5. The number of hydrogen-bond donors (Lipinski definition) is 0. The zero-order valence-corrected chi connectivity index (χ0v) is 29.3. The molecular formula is C43H41N4O4+. The quantitative estimate of drug-likeness (QED) is 0.0683. The monoisotopic (exact) mass is 677 g/mol. The van der Waals surface area contributed by atoms with Crippen LogP contribution in [0.5, 0.6) is 0 Å². The molecule has 2 heterocycles. The van der Waals surface area contributed by atoms with Crippen molar-refractivity contribution < 1.29 is 14.4 Å². The summed E-state index contributed by atoms with van der Waals surface area (Å²) >= 11 is 0. The van der Waals surface area contributed by atoms with Gasteiger partial charge in [-0.25, -0.2) is 0 Å². The predicted molar refractivity (Wildman–Crippen MR) is 205 cm³/mol. The summed E-state index contributed by atoms with van der Waals surface area (Å²) in [6.45, 7) is 4.31. The molecule has 0 amide bonds. The fourth-order valence-electron chi connectivity index (χ4n) is 7.61. The predicted octanol–water partition coefficient (Wildman–Crippen LogP) is 9.49. The minimum atomic E-state index is -0.457. The van der Waals surface area contributed by atoms with Gasteiger partial charge in [-0.05, 0) is 55.5 Å². The van der Waals surface area contributed by atoms with Crippen LogP contribution < -0.4 is 4.90 Å². The molecule has 2 atom stereocenters. The SMILES string of the molecule is CN1C(=CC=CC=CC=CC=CC2=[N+](C)c3ccc([N+](=O)[O-])cc3C2(C)Cc2ccccc2)C(C)(Cc2ccccc2)c2cc([N+](=O)[O-])ccc21. The van der Waals surface area contributed by atoms with E-state index in [4.69, 9.17) is 0 Å². The molecule has 51 heavy (non-hydrogen) atoms. The molecular weight excluding hydrogens is 636 g/mol. The number of non-ortho nitro benzene ring substituents is 2. The highest BCUT2D eigenvalue weighted by Gasteiger charge is 2.47. The Labute approximate surface area is 298 Å². The molecule has 0 aliphatic carbocycles. The molecule has 4 aromatic carbocycles. The molecule has 2 unspecified atom stereocenters. The summed E-state index contributed by atoms with van der Waals surface area (Å²) in [5.74, 6) is 0. The average molecular weight is 678 g/mol. The van der Waals surface area contributed by atoms with E-state index in [2.05, 4.69) is 59.7 Å². The second-order valence-electron chi connectivity index (χ2n) is 13.5. The van der Waals surface area contributed by atoms with Gasteiger partial charge >= 0.3 is 0 Å². The van der Waals surface area contributed by atoms with E-state index in [1.54, 1.807) is 24.3 Å². The molecule has 8 nitrogen and oxygen atoms in total. The van der Waals surface area contributed by atoms with Gasteiger partial charge in [0.25, 0.3) is 11.4 Å². The molecule has 2 aliphatic rings. The normalized spacial score (nSPS) is 20.8. The number of likely N-dealkylation sites (N-methyl/N-ethyl adjacent to an activating group) is 1. The third kappa shape index (κ3) is 6.85. The summed E-state index contributed by atoms with van der Waals surface area (Å²) in [5.41, 5.74) is 7.54. The van der Waals surface area contributed by atoms with E-state index in [1.807, 2.05) is 105 Å². The standard InChI is InChI=1S/C43H41N4O4/c1-42(30-32-18-12-10-13-19-32)36-28-34(46(48)49)24-26-38(36)44(3)40(42)22-16-8-6-5-7-9-17-23-41-43(2,31-33-20-14-11-15-21-33)37-29-35(47(50)51)25-27-39(37)45(41)4/h5-29H,30-31H2,1-4H3/q+1. The Morgan fingerprint density at radius 3 is 1.76 bits per heavy atom. The zero-order valence-electron chi connectivity index (χ0n) is 29.3. The first-order valence-corrected chi connectivity index (χ1v) is 16.9. The van der Waals surface area contributed by atoms with Gasteiger partial charge in [-0.15, -0.1) is 0 Å². The van der Waals surface area contributed by atoms with Crippen LogP contribution >= 0.6 is 0 Å². The number of anilines is 1. The zero-order chi connectivity index (χ0) is 36.2. The Morgan fingerprint density at radius 1 is 0.667 bits per heavy atom. The maximum Gasteiger partial charge on any atom is 0.270 e. The minimum absolute atomic E-state index is 0.0920. The third-order valence-electron chi connectivity index (χ3n) is 10.1. The Kier molecular flexibility index (Phi) is 9.78. The van der Waals surface area contributed by atoms with Gasteiger partial charge in [0, 0.05) is 65.8 Å². The smallest absolute Gasteiger partial charge is 0.270 e. The van der Waals surface area contributed by atoms with Gasteiger partial charge in [-0.2, -0.15) is 4.58 Å². The number of benzene rings is 4. The van der Waals surface area contributed by atoms with E-state index in [0.717, 1.165) is 45.0 Å². The molecule has 0 N–H and O–H groups in total. The lowest BCUT2D eigenvalue weighted by atomic mass is 9.74. The molecule has 8 heteroatoms. The number of allylic oxidation sites excluding steroid dienone is 10. The van der Waals surface area contributed by atoms with Gasteiger partial charge < -0.3 is 4.90 Å². The molecule has 0 radical (unpaired) electrons. The lowest BCUT2D eigenvalue weighted by Gasteiger charge is -2.29. The molecule has 6 rings (SSSR count).